The van der Waals surface area contributed by atoms with Crippen molar-refractivity contribution in [1.82, 2.24) is 10.2 Å². The molecule has 0 aliphatic carbocycles. The summed E-state index contributed by atoms with van der Waals surface area (Å²) in [5.74, 6) is 0.832. The molecule has 0 spiro atoms. The van der Waals surface area contributed by atoms with Crippen LogP contribution in [-0.2, 0) is 4.74 Å². The summed E-state index contributed by atoms with van der Waals surface area (Å²) in [6, 6.07) is 11.8. The maximum atomic E-state index is 11.8. The number of hydrogen-bond donors (Lipinski definition) is 1. The van der Waals surface area contributed by atoms with Crippen molar-refractivity contribution in [2.75, 3.05) is 18.6 Å². The number of methoxy groups -OCH3 is 1. The Kier molecular flexibility index (Phi) is 4.18. The van der Waals surface area contributed by atoms with Crippen molar-refractivity contribution in [3.8, 4) is 0 Å². The molecule has 1 aromatic carbocycles. The first-order valence-electron chi connectivity index (χ1n) is 6.12. The zero-order valence-corrected chi connectivity index (χ0v) is 11.0. The van der Waals surface area contributed by atoms with E-state index in [1.165, 1.54) is 12.7 Å². The van der Waals surface area contributed by atoms with Gasteiger partial charge in [0.25, 0.3) is 0 Å². The number of amides is 1. The fraction of sp³-hybridized carbons (Fsp3) is 0.286. The van der Waals surface area contributed by atoms with E-state index in [0.29, 0.717) is 12.4 Å². The second-order valence-corrected chi connectivity index (χ2v) is 4.33. The monoisotopic (exact) mass is 259 g/mol. The van der Waals surface area contributed by atoms with Crippen LogP contribution in [0.5, 0.6) is 0 Å². The summed E-state index contributed by atoms with van der Waals surface area (Å²) >= 11 is 0. The average Bonchev–Trinajstić information content (AvgIpc) is 2.98. The molecule has 0 aliphatic rings. The number of aromatic nitrogens is 2. The van der Waals surface area contributed by atoms with Gasteiger partial charge in [-0.05, 0) is 11.5 Å². The van der Waals surface area contributed by atoms with Gasteiger partial charge in [-0.25, -0.2) is 4.79 Å². The number of H-pyrrole nitrogens is 1. The highest BCUT2D eigenvalue weighted by atomic mass is 16.5. The molecule has 5 heteroatoms. The normalized spacial score (nSPS) is 11.9. The highest BCUT2D eigenvalue weighted by Crippen LogP contribution is 2.20. The zero-order valence-electron chi connectivity index (χ0n) is 11.0. The molecule has 1 heterocycles. The number of carbonyl (C=O) groups excluding carboxylic acids is 1. The smallest absolute Gasteiger partial charge is 0.415 e. The first-order chi connectivity index (χ1) is 9.22. The van der Waals surface area contributed by atoms with Crippen LogP contribution >= 0.6 is 0 Å². The van der Waals surface area contributed by atoms with E-state index in [4.69, 9.17) is 4.74 Å². The predicted molar refractivity (Wildman–Crippen MR) is 73.2 cm³/mol. The van der Waals surface area contributed by atoms with E-state index >= 15 is 0 Å². The predicted octanol–water partition coefficient (Wildman–Crippen LogP) is 2.79. The van der Waals surface area contributed by atoms with Crippen LogP contribution in [0.1, 0.15) is 18.4 Å². The second kappa shape index (κ2) is 6.04. The molecule has 1 N–H and O–H groups in total. The van der Waals surface area contributed by atoms with Crippen molar-refractivity contribution in [1.29, 1.82) is 0 Å². The quantitative estimate of drug-likeness (QED) is 0.918. The Balaban J connectivity index is 2.15. The minimum Gasteiger partial charge on any atom is -0.452 e. The first-order valence-corrected chi connectivity index (χ1v) is 6.12. The van der Waals surface area contributed by atoms with Gasteiger partial charge < -0.3 is 4.74 Å². The summed E-state index contributed by atoms with van der Waals surface area (Å²) in [4.78, 5) is 13.4. The number of aromatic amines is 1. The van der Waals surface area contributed by atoms with Gasteiger partial charge in [-0.3, -0.25) is 10.00 Å². The third-order valence-electron chi connectivity index (χ3n) is 3.00. The van der Waals surface area contributed by atoms with E-state index in [0.717, 1.165) is 0 Å². The fourth-order valence-corrected chi connectivity index (χ4v) is 1.94. The van der Waals surface area contributed by atoms with Crippen molar-refractivity contribution in [3.63, 3.8) is 0 Å². The Labute approximate surface area is 112 Å². The highest BCUT2D eigenvalue weighted by Gasteiger charge is 2.20. The summed E-state index contributed by atoms with van der Waals surface area (Å²) in [7, 11) is 1.37. The van der Waals surface area contributed by atoms with Crippen LogP contribution in [-0.4, -0.2) is 29.9 Å². The van der Waals surface area contributed by atoms with Gasteiger partial charge in [0, 0.05) is 12.6 Å². The number of nitrogens with zero attached hydrogens (tertiary/aromatic N) is 2. The third kappa shape index (κ3) is 3.13. The maximum Gasteiger partial charge on any atom is 0.415 e. The summed E-state index contributed by atoms with van der Waals surface area (Å²) in [6.45, 7) is 2.60. The Bertz CT molecular complexity index is 511. The van der Waals surface area contributed by atoms with Crippen molar-refractivity contribution in [3.05, 3.63) is 48.2 Å². The van der Waals surface area contributed by atoms with Gasteiger partial charge in [0.2, 0.25) is 0 Å². The van der Waals surface area contributed by atoms with Gasteiger partial charge in [-0.2, -0.15) is 5.10 Å². The molecular formula is C14H17N3O2. The van der Waals surface area contributed by atoms with E-state index in [9.17, 15) is 4.79 Å². The largest absolute Gasteiger partial charge is 0.452 e. The van der Waals surface area contributed by atoms with Gasteiger partial charge in [-0.15, -0.1) is 0 Å². The van der Waals surface area contributed by atoms with Crippen LogP contribution in [0.4, 0.5) is 10.6 Å². The fourth-order valence-electron chi connectivity index (χ4n) is 1.94. The van der Waals surface area contributed by atoms with Crippen LogP contribution < -0.4 is 4.90 Å². The summed E-state index contributed by atoms with van der Waals surface area (Å²) in [5, 5.41) is 6.65. The number of nitrogens with one attached hydrogen (secondary N) is 1. The summed E-state index contributed by atoms with van der Waals surface area (Å²) in [6.07, 6.45) is 1.21. The molecule has 19 heavy (non-hydrogen) atoms. The van der Waals surface area contributed by atoms with Crippen LogP contribution in [0.15, 0.2) is 42.6 Å². The summed E-state index contributed by atoms with van der Waals surface area (Å²) < 4.78 is 4.81. The SMILES string of the molecule is COC(=O)N(CC(C)c1ccccc1)c1ccn[nH]1. The van der Waals surface area contributed by atoms with Crippen molar-refractivity contribution < 1.29 is 9.53 Å². The van der Waals surface area contributed by atoms with E-state index < -0.39 is 6.09 Å². The van der Waals surface area contributed by atoms with Crippen LogP contribution in [0.2, 0.25) is 0 Å². The third-order valence-corrected chi connectivity index (χ3v) is 3.00. The topological polar surface area (TPSA) is 58.2 Å². The minimum absolute atomic E-state index is 0.198. The standard InChI is InChI=1S/C14H17N3O2/c1-11(12-6-4-3-5-7-12)10-17(14(18)19-2)13-8-9-15-16-13/h3-9,11H,10H2,1-2H3,(H,15,16). The second-order valence-electron chi connectivity index (χ2n) is 4.33. The lowest BCUT2D eigenvalue weighted by Crippen LogP contribution is -2.34. The molecule has 0 fully saturated rings. The molecule has 1 amide bonds. The molecule has 2 aromatic rings. The van der Waals surface area contributed by atoms with Crippen molar-refractivity contribution in [2.45, 2.75) is 12.8 Å². The number of carbonyl (C=O) groups is 1. The van der Waals surface area contributed by atoms with Crippen LogP contribution in [0.3, 0.4) is 0 Å². The van der Waals surface area contributed by atoms with Crippen LogP contribution in [0.25, 0.3) is 0 Å². The molecule has 1 unspecified atom stereocenters. The lowest BCUT2D eigenvalue weighted by molar-refractivity contribution is 0.178. The van der Waals surface area contributed by atoms with Crippen molar-refractivity contribution in [2.24, 2.45) is 0 Å². The molecule has 1 aromatic heterocycles. The molecule has 0 saturated carbocycles. The first kappa shape index (κ1) is 13.1. The molecule has 0 radical (unpaired) electrons. The number of benzene rings is 1. The molecule has 5 nitrogen and oxygen atoms in total. The molecule has 1 atom stereocenters. The van der Waals surface area contributed by atoms with Gasteiger partial charge >= 0.3 is 6.09 Å². The van der Waals surface area contributed by atoms with Gasteiger partial charge in [0.1, 0.15) is 5.82 Å². The Morgan fingerprint density at radius 2 is 2.11 bits per heavy atom. The van der Waals surface area contributed by atoms with E-state index in [2.05, 4.69) is 17.1 Å². The molecule has 2 rings (SSSR count). The van der Waals surface area contributed by atoms with Gasteiger partial charge in [-0.1, -0.05) is 37.3 Å². The van der Waals surface area contributed by atoms with Crippen molar-refractivity contribution >= 4 is 11.9 Å². The van der Waals surface area contributed by atoms with E-state index in [1.807, 2.05) is 30.3 Å². The number of anilines is 1. The number of rotatable bonds is 4. The lowest BCUT2D eigenvalue weighted by Gasteiger charge is -2.23. The molecule has 100 valence electrons. The molecule has 0 aliphatic heterocycles. The molecular weight excluding hydrogens is 242 g/mol. The Morgan fingerprint density at radius 3 is 2.68 bits per heavy atom. The van der Waals surface area contributed by atoms with Gasteiger partial charge in [0.15, 0.2) is 0 Å². The minimum atomic E-state index is -0.396. The maximum absolute atomic E-state index is 11.8. The van der Waals surface area contributed by atoms with E-state index in [-0.39, 0.29) is 5.92 Å². The van der Waals surface area contributed by atoms with Crippen LogP contribution in [0, 0.1) is 0 Å². The Hall–Kier alpha value is -2.30. The van der Waals surface area contributed by atoms with E-state index in [1.54, 1.807) is 17.2 Å². The number of ether oxygens (including phenoxy) is 1. The summed E-state index contributed by atoms with van der Waals surface area (Å²) in [5.41, 5.74) is 1.18. The lowest BCUT2D eigenvalue weighted by atomic mass is 10.0. The zero-order chi connectivity index (χ0) is 13.7. The van der Waals surface area contributed by atoms with Gasteiger partial charge in [0.05, 0.1) is 13.3 Å². The number of hydrogen-bond acceptors (Lipinski definition) is 3. The highest BCUT2D eigenvalue weighted by molar-refractivity contribution is 5.86. The Morgan fingerprint density at radius 1 is 1.37 bits per heavy atom. The molecule has 0 saturated heterocycles. The average molecular weight is 259 g/mol. The molecule has 0 bridgehead atoms.